The summed E-state index contributed by atoms with van der Waals surface area (Å²) in [5, 5.41) is 0. The molecule has 8 nitrogen and oxygen atoms in total. The van der Waals surface area contributed by atoms with Gasteiger partial charge in [-0.3, -0.25) is 9.36 Å². The van der Waals surface area contributed by atoms with Gasteiger partial charge in [0.1, 0.15) is 29.9 Å². The minimum atomic E-state index is -0.815. The lowest BCUT2D eigenvalue weighted by atomic mass is 9.94. The first-order chi connectivity index (χ1) is 17.9. The smallest absolute Gasteiger partial charge is 0.338 e. The highest BCUT2D eigenvalue weighted by Gasteiger charge is 2.35. The Morgan fingerprint density at radius 3 is 2.68 bits per heavy atom. The van der Waals surface area contributed by atoms with Crippen LogP contribution >= 0.6 is 11.3 Å². The highest BCUT2D eigenvalue weighted by Crippen LogP contribution is 2.37. The number of hydrogen-bond donors (Lipinski definition) is 0. The SMILES string of the molecule is C=CCOc1cccc(/C=c2\sc3n(c2=O)[C@H](c2cc(OC)ccc2OC)C(C(=O)OCC)=C(C)N=3)c1. The fourth-order valence-corrected chi connectivity index (χ4v) is 5.19. The second-order valence-corrected chi connectivity index (χ2v) is 9.09. The fourth-order valence-electron chi connectivity index (χ4n) is 4.14. The molecule has 1 aliphatic rings. The molecule has 0 unspecified atom stereocenters. The third-order valence-electron chi connectivity index (χ3n) is 5.77. The molecule has 0 bridgehead atoms. The van der Waals surface area contributed by atoms with Gasteiger partial charge in [-0.15, -0.1) is 0 Å². The third kappa shape index (κ3) is 5.22. The quantitative estimate of drug-likeness (QED) is 0.318. The number of rotatable bonds is 9. The molecule has 1 aliphatic heterocycles. The zero-order valence-electron chi connectivity index (χ0n) is 21.1. The van der Waals surface area contributed by atoms with Gasteiger partial charge in [0.05, 0.1) is 36.6 Å². The average molecular weight is 521 g/mol. The molecule has 2 heterocycles. The number of thiazole rings is 1. The summed E-state index contributed by atoms with van der Waals surface area (Å²) in [4.78, 5) is 32.1. The Morgan fingerprint density at radius 1 is 1.16 bits per heavy atom. The van der Waals surface area contributed by atoms with Crippen molar-refractivity contribution in [2.75, 3.05) is 27.4 Å². The molecule has 2 aromatic carbocycles. The number of methoxy groups -OCH3 is 2. The molecule has 192 valence electrons. The van der Waals surface area contributed by atoms with E-state index in [1.165, 1.54) is 23.0 Å². The summed E-state index contributed by atoms with van der Waals surface area (Å²) in [6.45, 7) is 7.71. The number of nitrogens with zero attached hydrogens (tertiary/aromatic N) is 2. The summed E-state index contributed by atoms with van der Waals surface area (Å²) in [7, 11) is 3.09. The topological polar surface area (TPSA) is 88.3 Å². The Labute approximate surface area is 218 Å². The second-order valence-electron chi connectivity index (χ2n) is 8.08. The molecule has 0 radical (unpaired) electrons. The highest BCUT2D eigenvalue weighted by atomic mass is 32.1. The first-order valence-corrected chi connectivity index (χ1v) is 12.5. The lowest BCUT2D eigenvalue weighted by molar-refractivity contribution is -0.139. The fraction of sp³-hybridized carbons (Fsp3) is 0.250. The number of carbonyl (C=O) groups excluding carboxylic acids is 1. The van der Waals surface area contributed by atoms with Crippen LogP contribution in [0.4, 0.5) is 0 Å². The van der Waals surface area contributed by atoms with E-state index in [1.807, 2.05) is 24.3 Å². The van der Waals surface area contributed by atoms with Crippen molar-refractivity contribution < 1.29 is 23.7 Å². The molecule has 3 aromatic rings. The van der Waals surface area contributed by atoms with Crippen molar-refractivity contribution in [3.05, 3.63) is 97.2 Å². The van der Waals surface area contributed by atoms with Gasteiger partial charge in [0.25, 0.3) is 5.56 Å². The summed E-state index contributed by atoms with van der Waals surface area (Å²) in [6.07, 6.45) is 3.45. The zero-order chi connectivity index (χ0) is 26.5. The number of aromatic nitrogens is 1. The van der Waals surface area contributed by atoms with Crippen molar-refractivity contribution in [3.63, 3.8) is 0 Å². The van der Waals surface area contributed by atoms with E-state index in [0.29, 0.717) is 44.4 Å². The van der Waals surface area contributed by atoms with Crippen LogP contribution in [0.3, 0.4) is 0 Å². The summed E-state index contributed by atoms with van der Waals surface area (Å²) >= 11 is 1.25. The summed E-state index contributed by atoms with van der Waals surface area (Å²) in [5.74, 6) is 1.19. The van der Waals surface area contributed by atoms with E-state index < -0.39 is 12.0 Å². The molecule has 0 saturated carbocycles. The van der Waals surface area contributed by atoms with Gasteiger partial charge >= 0.3 is 5.97 Å². The van der Waals surface area contributed by atoms with Crippen LogP contribution in [0.2, 0.25) is 0 Å². The number of ether oxygens (including phenoxy) is 4. The normalized spacial score (nSPS) is 15.0. The summed E-state index contributed by atoms with van der Waals surface area (Å²) in [6, 6.07) is 11.9. The maximum atomic E-state index is 13.8. The van der Waals surface area contributed by atoms with Crippen LogP contribution in [0.1, 0.15) is 31.0 Å². The van der Waals surface area contributed by atoms with E-state index in [9.17, 15) is 9.59 Å². The van der Waals surface area contributed by atoms with E-state index in [1.54, 1.807) is 51.3 Å². The lowest BCUT2D eigenvalue weighted by Gasteiger charge is -2.26. The van der Waals surface area contributed by atoms with E-state index in [-0.39, 0.29) is 17.7 Å². The molecule has 0 spiro atoms. The number of fused-ring (bicyclic) bond motifs is 1. The van der Waals surface area contributed by atoms with Crippen LogP contribution in [-0.2, 0) is 9.53 Å². The molecule has 0 fully saturated rings. The first kappa shape index (κ1) is 26.0. The molecule has 37 heavy (non-hydrogen) atoms. The van der Waals surface area contributed by atoms with Crippen LogP contribution < -0.4 is 29.1 Å². The lowest BCUT2D eigenvalue weighted by Crippen LogP contribution is -2.40. The largest absolute Gasteiger partial charge is 0.497 e. The van der Waals surface area contributed by atoms with Gasteiger partial charge in [-0.1, -0.05) is 36.1 Å². The van der Waals surface area contributed by atoms with Crippen molar-refractivity contribution >= 4 is 23.4 Å². The van der Waals surface area contributed by atoms with E-state index in [0.717, 1.165) is 5.56 Å². The molecule has 9 heteroatoms. The average Bonchev–Trinajstić information content (AvgIpc) is 3.20. The van der Waals surface area contributed by atoms with Crippen LogP contribution in [-0.4, -0.2) is 38.0 Å². The molecular weight excluding hydrogens is 492 g/mol. The molecular formula is C28H28N2O6S. The van der Waals surface area contributed by atoms with E-state index in [2.05, 4.69) is 11.6 Å². The number of esters is 1. The van der Waals surface area contributed by atoms with Gasteiger partial charge in [-0.25, -0.2) is 9.79 Å². The molecule has 1 aromatic heterocycles. The van der Waals surface area contributed by atoms with Crippen molar-refractivity contribution in [1.29, 1.82) is 0 Å². The van der Waals surface area contributed by atoms with Crippen LogP contribution in [0.5, 0.6) is 17.2 Å². The Morgan fingerprint density at radius 2 is 1.97 bits per heavy atom. The van der Waals surface area contributed by atoms with Gasteiger partial charge < -0.3 is 18.9 Å². The van der Waals surface area contributed by atoms with E-state index in [4.69, 9.17) is 18.9 Å². The van der Waals surface area contributed by atoms with Crippen molar-refractivity contribution in [1.82, 2.24) is 4.57 Å². The Hall–Kier alpha value is -4.11. The Balaban J connectivity index is 1.95. The van der Waals surface area contributed by atoms with Crippen molar-refractivity contribution in [3.8, 4) is 17.2 Å². The van der Waals surface area contributed by atoms with Crippen molar-refractivity contribution in [2.45, 2.75) is 19.9 Å². The van der Waals surface area contributed by atoms with Crippen molar-refractivity contribution in [2.24, 2.45) is 4.99 Å². The monoisotopic (exact) mass is 520 g/mol. The van der Waals surface area contributed by atoms with Crippen LogP contribution in [0.25, 0.3) is 6.08 Å². The molecule has 0 amide bonds. The number of hydrogen-bond acceptors (Lipinski definition) is 8. The van der Waals surface area contributed by atoms with Gasteiger partial charge in [0.15, 0.2) is 4.80 Å². The Bertz CT molecular complexity index is 1550. The van der Waals surface area contributed by atoms with Gasteiger partial charge in [-0.05, 0) is 55.8 Å². The molecule has 0 saturated heterocycles. The van der Waals surface area contributed by atoms with Gasteiger partial charge in [-0.2, -0.15) is 0 Å². The minimum absolute atomic E-state index is 0.187. The predicted octanol–water partition coefficient (Wildman–Crippen LogP) is 3.38. The summed E-state index contributed by atoms with van der Waals surface area (Å²) < 4.78 is 24.0. The standard InChI is InChI=1S/C28H28N2O6S/c1-6-13-36-20-10-8-9-18(14-20)15-23-26(31)30-25(21-16-19(33-4)11-12-22(21)34-5)24(27(32)35-7-2)17(3)29-28(30)37-23/h6,8-12,14-16,25H,1,7,13H2,2-5H3/b23-15-/t25-/m1/s1. The second kappa shape index (κ2) is 11.3. The van der Waals surface area contributed by atoms with Crippen LogP contribution in [0, 0.1) is 0 Å². The van der Waals surface area contributed by atoms with Gasteiger partial charge in [0.2, 0.25) is 0 Å². The van der Waals surface area contributed by atoms with E-state index >= 15 is 0 Å². The third-order valence-corrected chi connectivity index (χ3v) is 6.76. The Kier molecular flexibility index (Phi) is 7.93. The minimum Gasteiger partial charge on any atom is -0.497 e. The maximum Gasteiger partial charge on any atom is 0.338 e. The molecule has 1 atom stereocenters. The maximum absolute atomic E-state index is 13.8. The molecule has 0 N–H and O–H groups in total. The molecule has 0 aliphatic carbocycles. The number of carbonyl (C=O) groups is 1. The van der Waals surface area contributed by atoms with Gasteiger partial charge in [0, 0.05) is 5.56 Å². The summed E-state index contributed by atoms with van der Waals surface area (Å²) in [5.41, 5.74) is 1.84. The number of benzene rings is 2. The predicted molar refractivity (Wildman–Crippen MR) is 142 cm³/mol. The zero-order valence-corrected chi connectivity index (χ0v) is 22.0. The van der Waals surface area contributed by atoms with Crippen LogP contribution in [0.15, 0.2) is 76.2 Å². The highest BCUT2D eigenvalue weighted by molar-refractivity contribution is 7.07. The number of allylic oxidation sites excluding steroid dienone is 1. The first-order valence-electron chi connectivity index (χ1n) is 11.7. The molecule has 4 rings (SSSR count).